The van der Waals surface area contributed by atoms with Gasteiger partial charge >= 0.3 is 6.09 Å². The third kappa shape index (κ3) is 21.8. The van der Waals surface area contributed by atoms with Crippen LogP contribution < -0.4 is 16.0 Å². The number of carbonyl (C=O) groups excluding carboxylic acids is 6. The summed E-state index contributed by atoms with van der Waals surface area (Å²) < 4.78 is 9.44. The van der Waals surface area contributed by atoms with Gasteiger partial charge in [-0.25, -0.2) is 4.79 Å². The molecule has 2 rings (SSSR count). The van der Waals surface area contributed by atoms with Crippen LogP contribution in [0, 0.1) is 88.1 Å². The molecule has 0 aliphatic carbocycles. The predicted octanol–water partition coefficient (Wildman–Crippen LogP) is 2.57. The van der Waals surface area contributed by atoms with Crippen LogP contribution in [-0.4, -0.2) is 115 Å². The molecular weight excluding hydrogens is 1090 g/mol. The average molecular weight is 1130 g/mol. The molecule has 14 nitrogen and oxygen atoms in total. The molecule has 0 aromatic heterocycles. The first kappa shape index (κ1) is 46.2. The van der Waals surface area contributed by atoms with Crippen molar-refractivity contribution in [3.63, 3.8) is 0 Å². The number of rotatable bonds is 24. The third-order valence-corrected chi connectivity index (χ3v) is 10.2. The van der Waals surface area contributed by atoms with Gasteiger partial charge in [-0.1, -0.05) is 80.9 Å². The van der Waals surface area contributed by atoms with Gasteiger partial charge in [-0.15, -0.1) is 0 Å². The predicted molar refractivity (Wildman–Crippen MR) is 170 cm³/mol. The van der Waals surface area contributed by atoms with E-state index in [4.69, 9.17) is 20.9 Å². The van der Waals surface area contributed by atoms with Crippen LogP contribution in [0.1, 0.15) is 44.9 Å². The van der Waals surface area contributed by atoms with Gasteiger partial charge in [0.15, 0.2) is 0 Å². The minimum absolute atomic E-state index is 0. The number of carbonyl (C=O) groups is 6. The zero-order valence-electron chi connectivity index (χ0n) is 25.2. The van der Waals surface area contributed by atoms with Crippen LogP contribution in [-0.2, 0) is 33.4 Å². The Morgan fingerprint density at radius 2 is 1.18 bits per heavy atom. The van der Waals surface area contributed by atoms with E-state index >= 15 is 0 Å². The fraction of sp³-hybridized carbons (Fsp3) is 0.760. The number of hydrogen-bond donors (Lipinski definition) is 3. The quantitative estimate of drug-likeness (QED) is 0.0725. The first-order chi connectivity index (χ1) is 20.6. The number of unbranched alkanes of at least 4 members (excludes halogenated alkanes) is 2. The smallest absolute Gasteiger partial charge is 0.407 e. The van der Waals surface area contributed by atoms with Crippen LogP contribution in [0.2, 0.25) is 0 Å². The summed E-state index contributed by atoms with van der Waals surface area (Å²) in [6, 6.07) is -1.53. The molecule has 0 aromatic rings. The summed E-state index contributed by atoms with van der Waals surface area (Å²) in [5, 5.41) is 7.85. The van der Waals surface area contributed by atoms with Crippen LogP contribution in [0.25, 0.3) is 11.5 Å². The van der Waals surface area contributed by atoms with Crippen LogP contribution >= 0.6 is 43.2 Å². The number of alkyl carbamates (subject to hydrolysis) is 1. The van der Waals surface area contributed by atoms with Crippen molar-refractivity contribution in [1.82, 2.24) is 20.9 Å². The maximum atomic E-state index is 12.8. The SMILES string of the molecule is COCCOC(=O)NCCC(=O)N(CC(=O)NCCCC[C@H]([NH-])C(=O)C1SS1)CC(=O)NCCCC[C@H]([NH-])C(=O)C1SS1.[Ac].[Ac]. The molecule has 250 valence electrons. The van der Waals surface area contributed by atoms with Gasteiger partial charge in [0, 0.05) is 121 Å². The number of ether oxygens (including phenoxy) is 2. The van der Waals surface area contributed by atoms with Crippen molar-refractivity contribution in [1.29, 1.82) is 0 Å². The molecule has 2 atom stereocenters. The molecule has 2 fully saturated rings. The van der Waals surface area contributed by atoms with E-state index < -0.39 is 35.9 Å². The van der Waals surface area contributed by atoms with Gasteiger partial charge in [-0.3, -0.25) is 24.0 Å². The van der Waals surface area contributed by atoms with E-state index in [1.165, 1.54) is 50.3 Å². The van der Waals surface area contributed by atoms with E-state index in [1.807, 2.05) is 0 Å². The molecular formula is C25H40Ac2N6O8S4-2. The summed E-state index contributed by atoms with van der Waals surface area (Å²) in [6.45, 7) is 0.101. The fourth-order valence-corrected chi connectivity index (χ4v) is 6.27. The summed E-state index contributed by atoms with van der Waals surface area (Å²) in [7, 11) is 7.32. The average Bonchev–Trinajstić information content (AvgIpc) is 3.89. The summed E-state index contributed by atoms with van der Waals surface area (Å²) >= 11 is 0. The molecule has 2 heterocycles. The summed E-state index contributed by atoms with van der Waals surface area (Å²) in [5.41, 5.74) is 15.8. The van der Waals surface area contributed by atoms with Gasteiger partial charge in [-0.2, -0.15) is 0 Å². The van der Waals surface area contributed by atoms with Gasteiger partial charge in [0.25, 0.3) is 0 Å². The molecule has 2 saturated heterocycles. The monoisotopic (exact) mass is 1130 g/mol. The number of amides is 4. The van der Waals surface area contributed by atoms with Crippen molar-refractivity contribution in [3.05, 3.63) is 11.5 Å². The van der Waals surface area contributed by atoms with Gasteiger partial charge in [0.2, 0.25) is 17.7 Å². The molecule has 20 heteroatoms. The standard InChI is InChI=1S/C25H40N6O8S4.2Ac/c1-38-12-13-39-25(37)30-11-8-20(34)31(14-18(32)28-9-4-2-6-16(26)21(35)23-40-41-23)15-19(33)29-10-5-3-7-17(27)22(36)24-42-43-24;;/h16-17,23-24,26-27H,2-15H2,1H3,(H,28,32)(H,29,33)(H,30,37);;/q-2;;/t16-,17-;;/m0../s1. The Kier molecular flexibility index (Phi) is 27.7. The molecule has 2 aliphatic heterocycles. The maximum absolute atomic E-state index is 12.8. The molecule has 0 aromatic carbocycles. The van der Waals surface area contributed by atoms with Crippen LogP contribution in [0.4, 0.5) is 4.79 Å². The first-order valence-electron chi connectivity index (χ1n) is 14.0. The van der Waals surface area contributed by atoms with E-state index in [1.54, 1.807) is 0 Å². The third-order valence-electron chi connectivity index (χ3n) is 6.17. The zero-order valence-corrected chi connectivity index (χ0v) is 38.0. The molecule has 2 aliphatic rings. The van der Waals surface area contributed by atoms with Gasteiger partial charge in [0.1, 0.15) is 40.4 Å². The van der Waals surface area contributed by atoms with Crippen LogP contribution in [0.3, 0.4) is 0 Å². The second kappa shape index (κ2) is 27.0. The Morgan fingerprint density at radius 3 is 1.60 bits per heavy atom. The number of hydrogen-bond acceptors (Lipinski definition) is 12. The number of Topliss-reactive ketones (excluding diaryl/α,β-unsaturated/α-hetero) is 2. The Labute approximate surface area is 351 Å². The largest absolute Gasteiger partial charge is 0.668 e. The Bertz CT molecular complexity index is 915. The van der Waals surface area contributed by atoms with E-state index in [9.17, 15) is 28.8 Å². The molecule has 5 N–H and O–H groups in total. The van der Waals surface area contributed by atoms with Crippen molar-refractivity contribution in [2.24, 2.45) is 0 Å². The second-order valence-electron chi connectivity index (χ2n) is 9.71. The summed E-state index contributed by atoms with van der Waals surface area (Å²) in [5.74, 6) is -1.59. The Hall–Kier alpha value is 1.18. The minimum atomic E-state index is -0.766. The first-order valence-corrected chi connectivity index (χ1v) is 18.5. The van der Waals surface area contributed by atoms with Crippen molar-refractivity contribution < 1.29 is 126 Å². The number of nitrogens with one attached hydrogen (secondary N) is 5. The van der Waals surface area contributed by atoms with E-state index in [0.29, 0.717) is 51.6 Å². The van der Waals surface area contributed by atoms with Crippen LogP contribution in [0.15, 0.2) is 0 Å². The molecule has 0 bridgehead atoms. The number of methoxy groups -OCH3 is 1. The molecule has 4 amide bonds. The normalized spacial score (nSPS) is 14.9. The molecule has 0 unspecified atom stereocenters. The fourth-order valence-electron chi connectivity index (χ4n) is 3.65. The Balaban J connectivity index is 0.00000968. The zero-order chi connectivity index (χ0) is 31.6. The van der Waals surface area contributed by atoms with Gasteiger partial charge < -0.3 is 41.8 Å². The van der Waals surface area contributed by atoms with Gasteiger partial charge in [-0.05, 0) is 12.8 Å². The maximum Gasteiger partial charge on any atom is 0.407 e. The van der Waals surface area contributed by atoms with E-state index in [-0.39, 0.29) is 148 Å². The molecule has 45 heavy (non-hydrogen) atoms. The van der Waals surface area contributed by atoms with E-state index in [2.05, 4.69) is 16.0 Å². The van der Waals surface area contributed by atoms with E-state index in [0.717, 1.165) is 4.90 Å². The summed E-state index contributed by atoms with van der Waals surface area (Å²) in [4.78, 5) is 74.5. The summed E-state index contributed by atoms with van der Waals surface area (Å²) in [6.07, 6.45) is 2.25. The minimum Gasteiger partial charge on any atom is -0.668 e. The van der Waals surface area contributed by atoms with Crippen LogP contribution in [0.5, 0.6) is 0 Å². The van der Waals surface area contributed by atoms with Crippen molar-refractivity contribution >= 4 is 78.6 Å². The Morgan fingerprint density at radius 1 is 0.711 bits per heavy atom. The number of nitrogens with zero attached hydrogens (tertiary/aromatic N) is 1. The second-order valence-corrected chi connectivity index (χ2v) is 15.3. The van der Waals surface area contributed by atoms with Crippen molar-refractivity contribution in [3.8, 4) is 0 Å². The molecule has 2 radical (unpaired) electrons. The topological polar surface area (TPSA) is 208 Å². The molecule has 0 spiro atoms. The van der Waals surface area contributed by atoms with Gasteiger partial charge in [0.05, 0.1) is 6.61 Å². The van der Waals surface area contributed by atoms with Crippen molar-refractivity contribution in [2.75, 3.05) is 53.0 Å². The van der Waals surface area contributed by atoms with Crippen molar-refractivity contribution in [2.45, 2.75) is 66.2 Å². The number of ketones is 2. The molecule has 0 saturated carbocycles.